The van der Waals surface area contributed by atoms with E-state index in [9.17, 15) is 14.4 Å². The van der Waals surface area contributed by atoms with Crippen LogP contribution >= 0.6 is 0 Å². The molecule has 3 aliphatic rings. The average Bonchev–Trinajstić information content (AvgIpc) is 3.37. The number of rotatable bonds is 4. The molecule has 1 saturated heterocycles. The van der Waals surface area contributed by atoms with Crippen LogP contribution < -0.4 is 10.2 Å². The molecule has 140 valence electrons. The molecule has 4 atom stereocenters. The number of carbonyl (C=O) groups excluding carboxylic acids is 3. The fraction of sp³-hybridized carbons (Fsp3) is 0.261. The van der Waals surface area contributed by atoms with E-state index >= 15 is 0 Å². The quantitative estimate of drug-likeness (QED) is 0.662. The summed E-state index contributed by atoms with van der Waals surface area (Å²) in [5.41, 5.74) is 2.18. The van der Waals surface area contributed by atoms with Crippen molar-refractivity contribution >= 4 is 29.1 Å². The molecule has 1 saturated carbocycles. The van der Waals surface area contributed by atoms with Crippen molar-refractivity contribution in [3.05, 3.63) is 72.3 Å². The maximum atomic E-state index is 12.9. The van der Waals surface area contributed by atoms with Crippen molar-refractivity contribution in [1.82, 2.24) is 0 Å². The minimum absolute atomic E-state index is 0.0820. The van der Waals surface area contributed by atoms with Crippen molar-refractivity contribution < 1.29 is 14.4 Å². The van der Waals surface area contributed by atoms with Gasteiger partial charge in [0.05, 0.1) is 23.9 Å². The van der Waals surface area contributed by atoms with Gasteiger partial charge < -0.3 is 5.32 Å². The summed E-state index contributed by atoms with van der Waals surface area (Å²) in [5, 5.41) is 2.85. The minimum Gasteiger partial charge on any atom is -0.326 e. The maximum Gasteiger partial charge on any atom is 0.238 e. The summed E-state index contributed by atoms with van der Waals surface area (Å²) in [6, 6.07) is 16.4. The van der Waals surface area contributed by atoms with Gasteiger partial charge in [-0.2, -0.15) is 0 Å². The molecular formula is C23H20N2O3. The Bertz CT molecular complexity index is 951. The molecule has 5 nitrogen and oxygen atoms in total. The standard InChI is InChI=1S/C23H20N2O3/c26-19(24-17-4-2-1-3-5-17)12-14-6-10-18(11-7-14)25-22(27)20-15-8-9-16(13-15)21(20)23(25)28/h1-11,15-16,20-21H,12-13H2,(H,24,26). The van der Waals surface area contributed by atoms with Gasteiger partial charge in [-0.1, -0.05) is 42.5 Å². The zero-order valence-electron chi connectivity index (χ0n) is 15.2. The van der Waals surface area contributed by atoms with Crippen LogP contribution in [0.3, 0.4) is 0 Å². The number of fused-ring (bicyclic) bond motifs is 5. The normalized spacial score (nSPS) is 27.4. The van der Waals surface area contributed by atoms with Crippen LogP contribution in [0.25, 0.3) is 0 Å². The summed E-state index contributed by atoms with van der Waals surface area (Å²) >= 11 is 0. The van der Waals surface area contributed by atoms with Gasteiger partial charge in [0, 0.05) is 5.69 Å². The van der Waals surface area contributed by atoms with E-state index in [4.69, 9.17) is 0 Å². The van der Waals surface area contributed by atoms with Crippen molar-refractivity contribution in [2.75, 3.05) is 10.2 Å². The van der Waals surface area contributed by atoms with Gasteiger partial charge in [-0.25, -0.2) is 0 Å². The van der Waals surface area contributed by atoms with Crippen LogP contribution in [0.5, 0.6) is 0 Å². The lowest BCUT2D eigenvalue weighted by molar-refractivity contribution is -0.123. The van der Waals surface area contributed by atoms with Crippen molar-refractivity contribution in [3.8, 4) is 0 Å². The Morgan fingerprint density at radius 1 is 0.893 bits per heavy atom. The lowest BCUT2D eigenvalue weighted by atomic mass is 9.85. The largest absolute Gasteiger partial charge is 0.326 e. The molecule has 1 heterocycles. The van der Waals surface area contributed by atoms with Gasteiger partial charge in [0.2, 0.25) is 17.7 Å². The number of anilines is 2. The molecule has 2 fully saturated rings. The van der Waals surface area contributed by atoms with Gasteiger partial charge >= 0.3 is 0 Å². The number of benzene rings is 2. The molecule has 0 aromatic heterocycles. The van der Waals surface area contributed by atoms with E-state index in [0.29, 0.717) is 5.69 Å². The summed E-state index contributed by atoms with van der Waals surface area (Å²) in [6.45, 7) is 0. The first kappa shape index (κ1) is 16.9. The van der Waals surface area contributed by atoms with Crippen LogP contribution in [0.4, 0.5) is 11.4 Å². The van der Waals surface area contributed by atoms with Crippen LogP contribution in [-0.4, -0.2) is 17.7 Å². The second-order valence-electron chi connectivity index (χ2n) is 7.77. The number of carbonyl (C=O) groups is 3. The number of hydrogen-bond acceptors (Lipinski definition) is 3. The lowest BCUT2D eigenvalue weighted by Gasteiger charge is -2.17. The highest BCUT2D eigenvalue weighted by Crippen LogP contribution is 2.53. The summed E-state index contributed by atoms with van der Waals surface area (Å²) in [4.78, 5) is 39.3. The molecule has 2 aromatic rings. The Labute approximate surface area is 163 Å². The molecule has 1 aliphatic heterocycles. The van der Waals surface area contributed by atoms with Gasteiger partial charge in [-0.15, -0.1) is 0 Å². The van der Waals surface area contributed by atoms with E-state index in [1.807, 2.05) is 30.3 Å². The van der Waals surface area contributed by atoms with Gasteiger partial charge in [0.15, 0.2) is 0 Å². The lowest BCUT2D eigenvalue weighted by Crippen LogP contribution is -2.32. The number of para-hydroxylation sites is 1. The number of imide groups is 1. The SMILES string of the molecule is O=C(Cc1ccc(N2C(=O)C3C4C=CC(C4)C3C2=O)cc1)Nc1ccccc1. The minimum atomic E-state index is -0.196. The third-order valence-corrected chi connectivity index (χ3v) is 6.09. The zero-order valence-corrected chi connectivity index (χ0v) is 15.2. The molecule has 28 heavy (non-hydrogen) atoms. The molecule has 3 amide bonds. The fourth-order valence-electron chi connectivity index (χ4n) is 4.83. The van der Waals surface area contributed by atoms with Crippen LogP contribution in [0, 0.1) is 23.7 Å². The molecule has 4 unspecified atom stereocenters. The second-order valence-corrected chi connectivity index (χ2v) is 7.77. The summed E-state index contributed by atoms with van der Waals surface area (Å²) in [7, 11) is 0. The van der Waals surface area contributed by atoms with E-state index < -0.39 is 0 Å². The molecular weight excluding hydrogens is 352 g/mol. The van der Waals surface area contributed by atoms with Gasteiger partial charge in [-0.05, 0) is 48.1 Å². The predicted molar refractivity (Wildman–Crippen MR) is 105 cm³/mol. The van der Waals surface area contributed by atoms with E-state index in [1.54, 1.807) is 24.3 Å². The van der Waals surface area contributed by atoms with E-state index in [0.717, 1.165) is 17.7 Å². The molecule has 5 heteroatoms. The Balaban J connectivity index is 1.29. The average molecular weight is 372 g/mol. The van der Waals surface area contributed by atoms with E-state index in [2.05, 4.69) is 17.5 Å². The zero-order chi connectivity index (χ0) is 19.3. The Hall–Kier alpha value is -3.21. The summed E-state index contributed by atoms with van der Waals surface area (Å²) in [6.07, 6.45) is 5.34. The molecule has 0 radical (unpaired) electrons. The monoisotopic (exact) mass is 372 g/mol. The van der Waals surface area contributed by atoms with Crippen LogP contribution in [0.2, 0.25) is 0 Å². The molecule has 0 spiro atoms. The van der Waals surface area contributed by atoms with Crippen molar-refractivity contribution in [1.29, 1.82) is 0 Å². The number of nitrogens with zero attached hydrogens (tertiary/aromatic N) is 1. The first-order valence-electron chi connectivity index (χ1n) is 9.62. The molecule has 2 aromatic carbocycles. The smallest absolute Gasteiger partial charge is 0.238 e. The Kier molecular flexibility index (Phi) is 3.90. The van der Waals surface area contributed by atoms with Gasteiger partial charge in [0.1, 0.15) is 0 Å². The maximum absolute atomic E-state index is 12.9. The first-order valence-corrected chi connectivity index (χ1v) is 9.62. The van der Waals surface area contributed by atoms with Crippen molar-refractivity contribution in [3.63, 3.8) is 0 Å². The Morgan fingerprint density at radius 3 is 2.11 bits per heavy atom. The molecule has 2 bridgehead atoms. The molecule has 2 aliphatic carbocycles. The van der Waals surface area contributed by atoms with Crippen molar-refractivity contribution in [2.24, 2.45) is 23.7 Å². The summed E-state index contributed by atoms with van der Waals surface area (Å²) in [5.74, 6) is -0.250. The van der Waals surface area contributed by atoms with Crippen LogP contribution in [0.1, 0.15) is 12.0 Å². The number of nitrogens with one attached hydrogen (secondary N) is 1. The van der Waals surface area contributed by atoms with E-state index in [1.165, 1.54) is 4.90 Å². The first-order chi connectivity index (χ1) is 13.6. The third kappa shape index (κ3) is 2.66. The van der Waals surface area contributed by atoms with Crippen LogP contribution in [0.15, 0.2) is 66.7 Å². The predicted octanol–water partition coefficient (Wildman–Crippen LogP) is 3.18. The number of hydrogen-bond donors (Lipinski definition) is 1. The summed E-state index contributed by atoms with van der Waals surface area (Å²) < 4.78 is 0. The van der Waals surface area contributed by atoms with Crippen molar-refractivity contribution in [2.45, 2.75) is 12.8 Å². The second kappa shape index (κ2) is 6.44. The van der Waals surface area contributed by atoms with Gasteiger partial charge in [-0.3, -0.25) is 19.3 Å². The third-order valence-electron chi connectivity index (χ3n) is 6.09. The van der Waals surface area contributed by atoms with E-state index in [-0.39, 0.29) is 47.8 Å². The van der Waals surface area contributed by atoms with Gasteiger partial charge in [0.25, 0.3) is 0 Å². The highest BCUT2D eigenvalue weighted by molar-refractivity contribution is 6.22. The molecule has 1 N–H and O–H groups in total. The molecule has 5 rings (SSSR count). The Morgan fingerprint density at radius 2 is 1.50 bits per heavy atom. The van der Waals surface area contributed by atoms with Crippen LogP contribution in [-0.2, 0) is 20.8 Å². The highest BCUT2D eigenvalue weighted by Gasteiger charge is 2.59. The highest BCUT2D eigenvalue weighted by atomic mass is 16.2. The topological polar surface area (TPSA) is 66.5 Å². The number of amides is 3. The number of allylic oxidation sites excluding steroid dienone is 2. The fourth-order valence-corrected chi connectivity index (χ4v) is 4.83.